The quantitative estimate of drug-likeness (QED) is 0.674. The first-order chi connectivity index (χ1) is 12.1. The van der Waals surface area contributed by atoms with E-state index in [2.05, 4.69) is 26.2 Å². The van der Waals surface area contributed by atoms with Gasteiger partial charge in [0.1, 0.15) is 18.2 Å². The largest absolute Gasteiger partial charge is 0.488 e. The number of rotatable bonds is 5. The van der Waals surface area contributed by atoms with E-state index < -0.39 is 0 Å². The molecule has 3 rings (SSSR count). The second-order valence-electron chi connectivity index (χ2n) is 5.30. The number of nitrogens with two attached hydrogens (primary N) is 1. The van der Waals surface area contributed by atoms with Gasteiger partial charge in [-0.05, 0) is 30.3 Å². The van der Waals surface area contributed by atoms with E-state index in [4.69, 9.17) is 10.5 Å². The van der Waals surface area contributed by atoms with Crippen molar-refractivity contribution in [2.75, 3.05) is 11.1 Å². The summed E-state index contributed by atoms with van der Waals surface area (Å²) in [6.07, 6.45) is 1.51. The van der Waals surface area contributed by atoms with Gasteiger partial charge in [0.05, 0.1) is 17.4 Å². The summed E-state index contributed by atoms with van der Waals surface area (Å²) >= 11 is 3.49. The molecule has 0 aliphatic carbocycles. The highest BCUT2D eigenvalue weighted by atomic mass is 79.9. The van der Waals surface area contributed by atoms with Crippen molar-refractivity contribution in [2.45, 2.75) is 6.61 Å². The van der Waals surface area contributed by atoms with Crippen LogP contribution in [0, 0.1) is 0 Å². The number of hydrogen-bond acceptors (Lipinski definition) is 4. The first-order valence-corrected chi connectivity index (χ1v) is 8.41. The summed E-state index contributed by atoms with van der Waals surface area (Å²) in [6.45, 7) is 0.356. The highest BCUT2D eigenvalue weighted by Gasteiger charge is 2.13. The zero-order chi connectivity index (χ0) is 17.6. The van der Waals surface area contributed by atoms with E-state index in [0.717, 1.165) is 10.0 Å². The molecule has 3 aromatic rings. The normalized spacial score (nSPS) is 10.3. The highest BCUT2D eigenvalue weighted by Crippen LogP contribution is 2.23. The molecule has 126 valence electrons. The number of benzene rings is 2. The number of nitrogens with zero attached hydrogens (tertiary/aromatic N) is 1. The Morgan fingerprint density at radius 2 is 1.84 bits per heavy atom. The van der Waals surface area contributed by atoms with Gasteiger partial charge in [0.2, 0.25) is 0 Å². The molecule has 0 saturated heterocycles. The molecule has 0 bridgehead atoms. The molecular weight excluding hydrogens is 382 g/mol. The minimum absolute atomic E-state index is 0.269. The molecule has 0 radical (unpaired) electrons. The van der Waals surface area contributed by atoms with E-state index in [-0.39, 0.29) is 5.91 Å². The van der Waals surface area contributed by atoms with Crippen molar-refractivity contribution < 1.29 is 9.53 Å². The monoisotopic (exact) mass is 397 g/mol. The zero-order valence-electron chi connectivity index (χ0n) is 13.3. The van der Waals surface area contributed by atoms with Gasteiger partial charge in [-0.15, -0.1) is 0 Å². The van der Waals surface area contributed by atoms with Gasteiger partial charge in [-0.25, -0.2) is 4.98 Å². The summed E-state index contributed by atoms with van der Waals surface area (Å²) < 4.78 is 6.82. The molecule has 2 aromatic carbocycles. The Balaban J connectivity index is 1.75. The third-order valence-electron chi connectivity index (χ3n) is 3.52. The molecule has 1 heterocycles. The lowest BCUT2D eigenvalue weighted by molar-refractivity contribution is 0.102. The van der Waals surface area contributed by atoms with Crippen molar-refractivity contribution in [1.82, 2.24) is 4.98 Å². The molecule has 0 aliphatic rings. The molecule has 0 atom stereocenters. The maximum atomic E-state index is 12.5. The van der Waals surface area contributed by atoms with E-state index >= 15 is 0 Å². The van der Waals surface area contributed by atoms with E-state index in [1.807, 2.05) is 30.3 Å². The number of nitrogens with one attached hydrogen (secondary N) is 1. The molecule has 0 aliphatic heterocycles. The second kappa shape index (κ2) is 7.81. The van der Waals surface area contributed by atoms with Crippen LogP contribution in [0.3, 0.4) is 0 Å². The fourth-order valence-corrected chi connectivity index (χ4v) is 2.63. The molecular formula is C19H16BrN3O2. The number of anilines is 2. The van der Waals surface area contributed by atoms with Crippen molar-refractivity contribution in [3.63, 3.8) is 0 Å². The molecule has 5 nitrogen and oxygen atoms in total. The molecule has 0 saturated carbocycles. The van der Waals surface area contributed by atoms with Crippen molar-refractivity contribution in [2.24, 2.45) is 0 Å². The Bertz CT molecular complexity index is 882. The van der Waals surface area contributed by atoms with Crippen LogP contribution in [0.1, 0.15) is 15.9 Å². The SMILES string of the molecule is Nc1ccc(NC(=O)c2ccccc2OCc2ccccc2Br)cn1. The Morgan fingerprint density at radius 3 is 2.60 bits per heavy atom. The lowest BCUT2D eigenvalue weighted by Crippen LogP contribution is -2.14. The van der Waals surface area contributed by atoms with E-state index in [0.29, 0.717) is 29.4 Å². The van der Waals surface area contributed by atoms with Gasteiger partial charge in [-0.1, -0.05) is 46.3 Å². The fourth-order valence-electron chi connectivity index (χ4n) is 2.23. The minimum atomic E-state index is -0.269. The summed E-state index contributed by atoms with van der Waals surface area (Å²) in [5.41, 5.74) is 7.57. The second-order valence-corrected chi connectivity index (χ2v) is 6.16. The number of halogens is 1. The molecule has 0 spiro atoms. The molecule has 1 aromatic heterocycles. The first-order valence-electron chi connectivity index (χ1n) is 7.61. The summed E-state index contributed by atoms with van der Waals surface area (Å²) in [4.78, 5) is 16.5. The summed E-state index contributed by atoms with van der Waals surface area (Å²) in [7, 11) is 0. The number of carbonyl (C=O) groups excluding carboxylic acids is 1. The predicted octanol–water partition coefficient (Wildman–Crippen LogP) is 4.26. The van der Waals surface area contributed by atoms with Crippen molar-refractivity contribution in [1.29, 1.82) is 0 Å². The van der Waals surface area contributed by atoms with Crippen LogP contribution in [0.15, 0.2) is 71.3 Å². The van der Waals surface area contributed by atoms with Gasteiger partial charge in [-0.3, -0.25) is 4.79 Å². The third kappa shape index (κ3) is 4.36. The number of ether oxygens (including phenoxy) is 1. The van der Waals surface area contributed by atoms with Gasteiger partial charge in [0, 0.05) is 10.0 Å². The van der Waals surface area contributed by atoms with Crippen molar-refractivity contribution >= 4 is 33.3 Å². The fraction of sp³-hybridized carbons (Fsp3) is 0.0526. The maximum absolute atomic E-state index is 12.5. The van der Waals surface area contributed by atoms with Crippen LogP contribution in [0.5, 0.6) is 5.75 Å². The van der Waals surface area contributed by atoms with Crippen LogP contribution < -0.4 is 15.8 Å². The van der Waals surface area contributed by atoms with Crippen LogP contribution in [0.2, 0.25) is 0 Å². The topological polar surface area (TPSA) is 77.2 Å². The first kappa shape index (κ1) is 17.0. The Hall–Kier alpha value is -2.86. The Kier molecular flexibility index (Phi) is 5.30. The molecule has 0 unspecified atom stereocenters. The van der Waals surface area contributed by atoms with Gasteiger partial charge in [-0.2, -0.15) is 0 Å². The van der Waals surface area contributed by atoms with Gasteiger partial charge in [0.25, 0.3) is 5.91 Å². The van der Waals surface area contributed by atoms with Crippen molar-refractivity contribution in [3.05, 3.63) is 82.5 Å². The summed E-state index contributed by atoms with van der Waals surface area (Å²) in [5, 5.41) is 2.79. The number of para-hydroxylation sites is 1. The summed E-state index contributed by atoms with van der Waals surface area (Å²) in [5.74, 6) is 0.642. The van der Waals surface area contributed by atoms with Gasteiger partial charge < -0.3 is 15.8 Å². The standard InChI is InChI=1S/C19H16BrN3O2/c20-16-7-3-1-5-13(16)12-25-17-8-4-2-6-15(17)19(24)23-14-9-10-18(21)22-11-14/h1-11H,12H2,(H2,21,22)(H,23,24). The van der Waals surface area contributed by atoms with E-state index in [1.165, 1.54) is 6.20 Å². The zero-order valence-corrected chi connectivity index (χ0v) is 14.9. The van der Waals surface area contributed by atoms with Crippen LogP contribution in [-0.2, 0) is 6.61 Å². The number of pyridine rings is 1. The smallest absolute Gasteiger partial charge is 0.259 e. The molecule has 3 N–H and O–H groups in total. The Morgan fingerprint density at radius 1 is 1.08 bits per heavy atom. The number of nitrogen functional groups attached to an aromatic ring is 1. The van der Waals surface area contributed by atoms with Crippen LogP contribution in [0.25, 0.3) is 0 Å². The highest BCUT2D eigenvalue weighted by molar-refractivity contribution is 9.10. The summed E-state index contributed by atoms with van der Waals surface area (Å²) in [6, 6.07) is 18.2. The number of amides is 1. The van der Waals surface area contributed by atoms with Crippen LogP contribution in [0.4, 0.5) is 11.5 Å². The molecule has 1 amide bonds. The molecule has 0 fully saturated rings. The third-order valence-corrected chi connectivity index (χ3v) is 4.29. The van der Waals surface area contributed by atoms with Crippen LogP contribution in [-0.4, -0.2) is 10.9 Å². The molecule has 25 heavy (non-hydrogen) atoms. The maximum Gasteiger partial charge on any atom is 0.259 e. The lowest BCUT2D eigenvalue weighted by atomic mass is 10.2. The molecule has 6 heteroatoms. The number of carbonyl (C=O) groups is 1. The van der Waals surface area contributed by atoms with E-state index in [1.54, 1.807) is 30.3 Å². The Labute approximate surface area is 154 Å². The number of aromatic nitrogens is 1. The number of hydrogen-bond donors (Lipinski definition) is 2. The van der Waals surface area contributed by atoms with Gasteiger partial charge >= 0.3 is 0 Å². The average molecular weight is 398 g/mol. The average Bonchev–Trinajstić information content (AvgIpc) is 2.63. The lowest BCUT2D eigenvalue weighted by Gasteiger charge is -2.12. The predicted molar refractivity (Wildman–Crippen MR) is 102 cm³/mol. The van der Waals surface area contributed by atoms with Crippen molar-refractivity contribution in [3.8, 4) is 5.75 Å². The van der Waals surface area contributed by atoms with Gasteiger partial charge in [0.15, 0.2) is 0 Å². The van der Waals surface area contributed by atoms with E-state index in [9.17, 15) is 4.79 Å². The minimum Gasteiger partial charge on any atom is -0.488 e. The van der Waals surface area contributed by atoms with Crippen LogP contribution >= 0.6 is 15.9 Å².